The molecule has 3 N–H and O–H groups in total. The first-order chi connectivity index (χ1) is 12.4. The summed E-state index contributed by atoms with van der Waals surface area (Å²) < 4.78 is 26.4. The lowest BCUT2D eigenvalue weighted by Gasteiger charge is -2.28. The normalized spacial score (nSPS) is 16.8. The molecular weight excluding hydrogens is 350 g/mol. The monoisotopic (exact) mass is 381 g/mol. The molecule has 0 heterocycles. The molecule has 1 saturated carbocycles. The van der Waals surface area contributed by atoms with E-state index in [-0.39, 0.29) is 11.4 Å². The first kappa shape index (κ1) is 20.9. The number of amides is 1. The number of nitrogens with two attached hydrogens (primary N) is 1. The quantitative estimate of drug-likeness (QED) is 0.685. The Kier molecular flexibility index (Phi) is 7.20. The van der Waals surface area contributed by atoms with Crippen LogP contribution >= 0.6 is 0 Å². The summed E-state index contributed by atoms with van der Waals surface area (Å²) in [5.74, 6) is 0.0113. The van der Waals surface area contributed by atoms with Crippen LogP contribution in [0.5, 0.6) is 0 Å². The number of nitrogens with one attached hydrogen (secondary N) is 1. The van der Waals surface area contributed by atoms with E-state index in [1.165, 1.54) is 4.31 Å². The molecule has 1 aliphatic rings. The van der Waals surface area contributed by atoms with Crippen LogP contribution in [-0.4, -0.2) is 43.8 Å². The molecule has 146 valence electrons. The average Bonchev–Trinajstić information content (AvgIpc) is 3.10. The number of hydrogen-bond acceptors (Lipinski definition) is 4. The molecule has 26 heavy (non-hydrogen) atoms. The number of rotatable bonds is 9. The smallest absolute Gasteiger partial charge is 0.243 e. The molecule has 0 unspecified atom stereocenters. The molecule has 0 aromatic heterocycles. The molecule has 1 aromatic carbocycles. The molecule has 6 nitrogen and oxygen atoms in total. The van der Waals surface area contributed by atoms with E-state index in [1.807, 2.05) is 13.8 Å². The Morgan fingerprint density at radius 2 is 1.73 bits per heavy atom. The maximum absolute atomic E-state index is 12.5. The third-order valence-electron chi connectivity index (χ3n) is 5.26. The van der Waals surface area contributed by atoms with Gasteiger partial charge in [-0.15, -0.1) is 0 Å². The lowest BCUT2D eigenvalue weighted by atomic mass is 9.97. The Bertz CT molecular complexity index is 691. The second kappa shape index (κ2) is 8.97. The van der Waals surface area contributed by atoms with E-state index in [1.54, 1.807) is 24.3 Å². The van der Waals surface area contributed by atoms with Crippen LogP contribution in [0.1, 0.15) is 51.5 Å². The van der Waals surface area contributed by atoms with Gasteiger partial charge < -0.3 is 11.1 Å². The van der Waals surface area contributed by atoms with Gasteiger partial charge in [0.05, 0.1) is 10.4 Å². The number of hydrogen-bond donors (Lipinski definition) is 2. The van der Waals surface area contributed by atoms with Crippen molar-refractivity contribution < 1.29 is 13.2 Å². The van der Waals surface area contributed by atoms with Crippen molar-refractivity contribution >= 4 is 15.9 Å². The fourth-order valence-electron chi connectivity index (χ4n) is 3.59. The van der Waals surface area contributed by atoms with E-state index >= 15 is 0 Å². The van der Waals surface area contributed by atoms with Gasteiger partial charge in [0.1, 0.15) is 0 Å². The van der Waals surface area contributed by atoms with Crippen molar-refractivity contribution in [3.8, 4) is 0 Å². The van der Waals surface area contributed by atoms with E-state index in [9.17, 15) is 13.2 Å². The van der Waals surface area contributed by atoms with Gasteiger partial charge in [0, 0.05) is 26.1 Å². The first-order valence-electron chi connectivity index (χ1n) is 9.47. The molecular formula is C19H31N3O3S. The second-order valence-electron chi connectivity index (χ2n) is 6.97. The molecule has 0 saturated heterocycles. The van der Waals surface area contributed by atoms with Gasteiger partial charge in [-0.1, -0.05) is 38.8 Å². The highest BCUT2D eigenvalue weighted by atomic mass is 32.2. The fourth-order valence-corrected chi connectivity index (χ4v) is 5.05. The molecule has 1 aromatic rings. The van der Waals surface area contributed by atoms with E-state index in [2.05, 4.69) is 5.32 Å². The largest absolute Gasteiger partial charge is 0.349 e. The molecule has 0 atom stereocenters. The van der Waals surface area contributed by atoms with Gasteiger partial charge in [-0.2, -0.15) is 4.31 Å². The Labute approximate surface area is 157 Å². The van der Waals surface area contributed by atoms with Crippen LogP contribution in [0.15, 0.2) is 29.2 Å². The lowest BCUT2D eigenvalue weighted by molar-refractivity contribution is -0.122. The van der Waals surface area contributed by atoms with Gasteiger partial charge in [0.25, 0.3) is 0 Å². The third-order valence-corrected chi connectivity index (χ3v) is 7.33. The summed E-state index contributed by atoms with van der Waals surface area (Å²) >= 11 is 0. The predicted molar refractivity (Wildman–Crippen MR) is 103 cm³/mol. The van der Waals surface area contributed by atoms with Crippen molar-refractivity contribution in [2.45, 2.75) is 62.8 Å². The zero-order chi connectivity index (χ0) is 19.2. The minimum atomic E-state index is -3.44. The van der Waals surface area contributed by atoms with E-state index in [0.717, 1.165) is 31.2 Å². The molecule has 0 aliphatic heterocycles. The van der Waals surface area contributed by atoms with Gasteiger partial charge in [0.15, 0.2) is 0 Å². The van der Waals surface area contributed by atoms with Crippen molar-refractivity contribution in [3.63, 3.8) is 0 Å². The van der Waals surface area contributed by atoms with E-state index in [4.69, 9.17) is 5.73 Å². The Morgan fingerprint density at radius 1 is 1.15 bits per heavy atom. The molecule has 1 fully saturated rings. The molecule has 0 spiro atoms. The summed E-state index contributed by atoms with van der Waals surface area (Å²) in [5, 5.41) is 3.11. The lowest BCUT2D eigenvalue weighted by Crippen LogP contribution is -2.51. The van der Waals surface area contributed by atoms with Gasteiger partial charge in [-0.25, -0.2) is 8.42 Å². The van der Waals surface area contributed by atoms with Crippen LogP contribution < -0.4 is 11.1 Å². The fraction of sp³-hybridized carbons (Fsp3) is 0.632. The summed E-state index contributed by atoms with van der Waals surface area (Å²) in [6.45, 7) is 5.03. The number of aryl methyl sites for hydroxylation is 1. The molecule has 0 bridgehead atoms. The van der Waals surface area contributed by atoms with Gasteiger partial charge >= 0.3 is 0 Å². The van der Waals surface area contributed by atoms with E-state index in [0.29, 0.717) is 37.4 Å². The third kappa shape index (κ3) is 4.84. The molecule has 2 rings (SSSR count). The maximum atomic E-state index is 12.5. The molecule has 7 heteroatoms. The highest BCUT2D eigenvalue weighted by Crippen LogP contribution is 2.28. The zero-order valence-electron chi connectivity index (χ0n) is 15.8. The first-order valence-corrected chi connectivity index (χ1v) is 10.9. The van der Waals surface area contributed by atoms with Crippen molar-refractivity contribution in [2.75, 3.05) is 19.6 Å². The van der Waals surface area contributed by atoms with Crippen LogP contribution in [0.3, 0.4) is 0 Å². The summed E-state index contributed by atoms with van der Waals surface area (Å²) in [5.41, 5.74) is 6.58. The highest BCUT2D eigenvalue weighted by Gasteiger charge is 2.33. The second-order valence-corrected chi connectivity index (χ2v) is 8.91. The molecule has 0 radical (unpaired) electrons. The van der Waals surface area contributed by atoms with Gasteiger partial charge in [-0.05, 0) is 37.0 Å². The van der Waals surface area contributed by atoms with Gasteiger partial charge in [0.2, 0.25) is 15.9 Å². The van der Waals surface area contributed by atoms with Crippen LogP contribution in [0, 0.1) is 0 Å². The maximum Gasteiger partial charge on any atom is 0.243 e. The summed E-state index contributed by atoms with van der Waals surface area (Å²) in [7, 11) is -3.44. The molecule has 1 aliphatic carbocycles. The minimum Gasteiger partial charge on any atom is -0.349 e. The van der Waals surface area contributed by atoms with Crippen LogP contribution in [-0.2, 0) is 21.2 Å². The predicted octanol–water partition coefficient (Wildman–Crippen LogP) is 2.04. The topological polar surface area (TPSA) is 92.5 Å². The van der Waals surface area contributed by atoms with Crippen molar-refractivity contribution in [1.82, 2.24) is 9.62 Å². The van der Waals surface area contributed by atoms with Gasteiger partial charge in [-0.3, -0.25) is 4.79 Å². The number of sulfonamides is 1. The van der Waals surface area contributed by atoms with Crippen molar-refractivity contribution in [3.05, 3.63) is 29.8 Å². The van der Waals surface area contributed by atoms with Crippen molar-refractivity contribution in [2.24, 2.45) is 5.73 Å². The summed E-state index contributed by atoms with van der Waals surface area (Å²) in [4.78, 5) is 12.6. The standard InChI is InChI=1S/C19H31N3O3S/c1-3-22(4-2)26(24,25)17-10-7-16(8-11-17)9-12-18(23)21-19(15-20)13-5-6-14-19/h7-8,10-11H,3-6,9,12-15,20H2,1-2H3,(H,21,23). The highest BCUT2D eigenvalue weighted by molar-refractivity contribution is 7.89. The average molecular weight is 382 g/mol. The SMILES string of the molecule is CCN(CC)S(=O)(=O)c1ccc(CCC(=O)NC2(CN)CCCC2)cc1. The zero-order valence-corrected chi connectivity index (χ0v) is 16.6. The minimum absolute atomic E-state index is 0.0113. The van der Waals surface area contributed by atoms with Crippen molar-refractivity contribution in [1.29, 1.82) is 0 Å². The molecule has 1 amide bonds. The Morgan fingerprint density at radius 3 is 2.23 bits per heavy atom. The van der Waals surface area contributed by atoms with E-state index < -0.39 is 10.0 Å². The summed E-state index contributed by atoms with van der Waals surface area (Å²) in [6, 6.07) is 6.83. The number of benzene rings is 1. The Hall–Kier alpha value is -1.44. The van der Waals surface area contributed by atoms with Crippen LogP contribution in [0.2, 0.25) is 0 Å². The number of carbonyl (C=O) groups is 1. The van der Waals surface area contributed by atoms with Crippen LogP contribution in [0.25, 0.3) is 0 Å². The number of carbonyl (C=O) groups excluding carboxylic acids is 1. The number of nitrogens with zero attached hydrogens (tertiary/aromatic N) is 1. The Balaban J connectivity index is 1.94. The van der Waals surface area contributed by atoms with Crippen LogP contribution in [0.4, 0.5) is 0 Å². The summed E-state index contributed by atoms with van der Waals surface area (Å²) in [6.07, 6.45) is 5.09.